The normalized spacial score (nSPS) is 21.2. The van der Waals surface area contributed by atoms with E-state index in [9.17, 15) is 21.6 Å². The SMILES string of the molecule is CCN[C@H]1CN(C(C)OC(=O)CCO)S(=O)(=O)c2sc(S(N)(=O)=O)cc21. The molecule has 0 saturated heterocycles. The van der Waals surface area contributed by atoms with Crippen molar-refractivity contribution < 1.29 is 31.5 Å². The molecule has 4 N–H and O–H groups in total. The fourth-order valence-electron chi connectivity index (χ4n) is 2.60. The molecule has 2 rings (SSSR count). The number of aliphatic hydroxyl groups excluding tert-OH is 1. The van der Waals surface area contributed by atoms with Crippen molar-refractivity contribution in [3.8, 4) is 0 Å². The lowest BCUT2D eigenvalue weighted by molar-refractivity contribution is -0.154. The monoisotopic (exact) mass is 427 g/mol. The van der Waals surface area contributed by atoms with Gasteiger partial charge in [0.15, 0.2) is 6.23 Å². The Morgan fingerprint density at radius 3 is 2.77 bits per heavy atom. The third kappa shape index (κ3) is 4.24. The average Bonchev–Trinajstić information content (AvgIpc) is 2.97. The van der Waals surface area contributed by atoms with Gasteiger partial charge in [0.1, 0.15) is 8.42 Å². The predicted octanol–water partition coefficient (Wildman–Crippen LogP) is -0.678. The van der Waals surface area contributed by atoms with E-state index in [1.807, 2.05) is 6.92 Å². The summed E-state index contributed by atoms with van der Waals surface area (Å²) in [6.45, 7) is 3.28. The molecule has 10 nitrogen and oxygen atoms in total. The number of carbonyl (C=O) groups excluding carboxylic acids is 1. The first-order chi connectivity index (χ1) is 12.0. The largest absolute Gasteiger partial charge is 0.446 e. The van der Waals surface area contributed by atoms with Crippen LogP contribution in [0.3, 0.4) is 0 Å². The summed E-state index contributed by atoms with van der Waals surface area (Å²) >= 11 is 0.566. The molecule has 0 spiro atoms. The minimum atomic E-state index is -4.08. The number of sulfonamides is 2. The zero-order chi connectivity index (χ0) is 19.7. The van der Waals surface area contributed by atoms with Crippen LogP contribution in [0.5, 0.6) is 0 Å². The first kappa shape index (κ1) is 21.2. The van der Waals surface area contributed by atoms with Crippen LogP contribution in [0.15, 0.2) is 14.5 Å². The van der Waals surface area contributed by atoms with E-state index >= 15 is 0 Å². The highest BCUT2D eigenvalue weighted by atomic mass is 32.3. The Morgan fingerprint density at radius 2 is 2.23 bits per heavy atom. The van der Waals surface area contributed by atoms with Gasteiger partial charge < -0.3 is 15.2 Å². The van der Waals surface area contributed by atoms with Gasteiger partial charge in [0.25, 0.3) is 10.0 Å². The zero-order valence-electron chi connectivity index (χ0n) is 14.2. The number of nitrogens with one attached hydrogen (secondary N) is 1. The summed E-state index contributed by atoms with van der Waals surface area (Å²) in [5.74, 6) is -0.739. The van der Waals surface area contributed by atoms with Gasteiger partial charge in [-0.1, -0.05) is 6.92 Å². The Bertz CT molecular complexity index is 879. The summed E-state index contributed by atoms with van der Waals surface area (Å²) in [6.07, 6.45) is -1.37. The van der Waals surface area contributed by atoms with Crippen LogP contribution in [0.1, 0.15) is 31.9 Å². The van der Waals surface area contributed by atoms with Gasteiger partial charge in [-0.25, -0.2) is 22.0 Å². The molecule has 0 fully saturated rings. The molecule has 2 atom stereocenters. The molecule has 1 aliphatic heterocycles. The number of esters is 1. The van der Waals surface area contributed by atoms with Crippen LogP contribution in [0.4, 0.5) is 0 Å². The Hall–Kier alpha value is -1.09. The Balaban J connectivity index is 2.46. The first-order valence-corrected chi connectivity index (χ1v) is 11.5. The van der Waals surface area contributed by atoms with Gasteiger partial charge in [-0.05, 0) is 19.5 Å². The summed E-state index contributed by atoms with van der Waals surface area (Å²) in [5.41, 5.74) is 0.325. The number of primary sulfonamides is 1. The average molecular weight is 428 g/mol. The highest BCUT2D eigenvalue weighted by Gasteiger charge is 2.43. The van der Waals surface area contributed by atoms with Crippen LogP contribution >= 0.6 is 11.3 Å². The number of rotatable bonds is 7. The highest BCUT2D eigenvalue weighted by Crippen LogP contribution is 2.40. The third-order valence-corrected chi connectivity index (χ3v) is 8.75. The summed E-state index contributed by atoms with van der Waals surface area (Å²) in [5, 5.41) is 17.0. The smallest absolute Gasteiger partial charge is 0.309 e. The molecule has 1 unspecified atom stereocenters. The van der Waals surface area contributed by atoms with Crippen molar-refractivity contribution in [1.82, 2.24) is 9.62 Å². The number of hydrogen-bond acceptors (Lipinski definition) is 9. The molecule has 1 aromatic heterocycles. The maximum Gasteiger partial charge on any atom is 0.309 e. The van der Waals surface area contributed by atoms with Crippen molar-refractivity contribution in [2.45, 2.75) is 41.0 Å². The van der Waals surface area contributed by atoms with Crippen LogP contribution in [0.2, 0.25) is 0 Å². The number of carbonyl (C=O) groups is 1. The molecular weight excluding hydrogens is 406 g/mol. The molecule has 0 aliphatic carbocycles. The number of hydrogen-bond donors (Lipinski definition) is 3. The molecule has 0 radical (unpaired) electrons. The molecule has 1 aromatic rings. The standard InChI is InChI=1S/C13H21N3O7S3/c1-3-15-10-7-16(8(2)23-11(18)4-5-17)26(21,22)13-9(10)6-12(24-13)25(14,19)20/h6,8,10,15,17H,3-5,7H2,1-2H3,(H2,14,19,20)/t8?,10-/m0/s1. The molecule has 1 aliphatic rings. The van der Waals surface area contributed by atoms with Crippen molar-refractivity contribution in [1.29, 1.82) is 0 Å². The van der Waals surface area contributed by atoms with Crippen molar-refractivity contribution in [3.63, 3.8) is 0 Å². The second kappa shape index (κ2) is 7.88. The van der Waals surface area contributed by atoms with Gasteiger partial charge in [0.2, 0.25) is 10.0 Å². The van der Waals surface area contributed by atoms with Crippen LogP contribution < -0.4 is 10.5 Å². The first-order valence-electron chi connectivity index (χ1n) is 7.74. The van der Waals surface area contributed by atoms with E-state index in [0.29, 0.717) is 23.4 Å². The maximum atomic E-state index is 12.9. The van der Waals surface area contributed by atoms with Gasteiger partial charge in [-0.15, -0.1) is 11.3 Å². The highest BCUT2D eigenvalue weighted by molar-refractivity contribution is 7.94. The van der Waals surface area contributed by atoms with Gasteiger partial charge in [-0.2, -0.15) is 4.31 Å². The van der Waals surface area contributed by atoms with E-state index < -0.39 is 44.9 Å². The molecule has 0 bridgehead atoms. The maximum absolute atomic E-state index is 12.9. The number of thiophene rings is 1. The fraction of sp³-hybridized carbons (Fsp3) is 0.615. The van der Waals surface area contributed by atoms with E-state index in [1.54, 1.807) is 0 Å². The lowest BCUT2D eigenvalue weighted by Crippen LogP contribution is -2.48. The second-order valence-corrected chi connectivity index (χ2v) is 10.5. The number of ether oxygens (including phenoxy) is 1. The molecule has 13 heteroatoms. The van der Waals surface area contributed by atoms with Crippen LogP contribution in [0.25, 0.3) is 0 Å². The topological polar surface area (TPSA) is 156 Å². The zero-order valence-corrected chi connectivity index (χ0v) is 16.7. The van der Waals surface area contributed by atoms with E-state index in [4.69, 9.17) is 15.0 Å². The molecular formula is C13H21N3O7S3. The van der Waals surface area contributed by atoms with E-state index in [0.717, 1.165) is 4.31 Å². The summed E-state index contributed by atoms with van der Waals surface area (Å²) in [4.78, 5) is 11.6. The lowest BCUT2D eigenvalue weighted by Gasteiger charge is -2.35. The minimum Gasteiger partial charge on any atom is -0.446 e. The number of nitrogens with two attached hydrogens (primary N) is 1. The van der Waals surface area contributed by atoms with E-state index in [1.165, 1.54) is 13.0 Å². The third-order valence-electron chi connectivity index (χ3n) is 3.74. The molecule has 26 heavy (non-hydrogen) atoms. The number of fused-ring (bicyclic) bond motifs is 1. The quantitative estimate of drug-likeness (QED) is 0.483. The van der Waals surface area contributed by atoms with Crippen molar-refractivity contribution in [2.75, 3.05) is 19.7 Å². The number of aliphatic hydroxyl groups is 1. The van der Waals surface area contributed by atoms with Crippen molar-refractivity contribution in [2.24, 2.45) is 5.14 Å². The summed E-state index contributed by atoms with van der Waals surface area (Å²) < 4.78 is 54.7. The predicted molar refractivity (Wildman–Crippen MR) is 93.3 cm³/mol. The van der Waals surface area contributed by atoms with Crippen molar-refractivity contribution >= 4 is 37.4 Å². The lowest BCUT2D eigenvalue weighted by atomic mass is 10.1. The van der Waals surface area contributed by atoms with Crippen molar-refractivity contribution in [3.05, 3.63) is 11.6 Å². The summed E-state index contributed by atoms with van der Waals surface area (Å²) in [7, 11) is -8.14. The van der Waals surface area contributed by atoms with Crippen LogP contribution in [0, 0.1) is 0 Å². The fourth-order valence-corrected chi connectivity index (χ4v) is 6.92. The Labute approximate surface area is 156 Å². The Morgan fingerprint density at radius 1 is 1.58 bits per heavy atom. The molecule has 0 aromatic carbocycles. The van der Waals surface area contributed by atoms with E-state index in [-0.39, 0.29) is 21.4 Å². The second-order valence-electron chi connectivity index (χ2n) is 5.60. The van der Waals surface area contributed by atoms with E-state index in [2.05, 4.69) is 5.32 Å². The van der Waals surface area contributed by atoms with Crippen LogP contribution in [-0.2, 0) is 29.6 Å². The summed E-state index contributed by atoms with van der Waals surface area (Å²) in [6, 6.07) is 0.782. The van der Waals surface area contributed by atoms with Gasteiger partial charge in [-0.3, -0.25) is 4.79 Å². The molecule has 0 saturated carbocycles. The number of likely N-dealkylation sites (N-methyl/N-ethyl adjacent to an activating group) is 1. The minimum absolute atomic E-state index is 0.0441. The number of nitrogens with zero attached hydrogens (tertiary/aromatic N) is 1. The van der Waals surface area contributed by atoms with Gasteiger partial charge in [0.05, 0.1) is 13.0 Å². The molecule has 2 heterocycles. The van der Waals surface area contributed by atoms with Gasteiger partial charge in [0, 0.05) is 18.2 Å². The molecule has 0 amide bonds. The Kier molecular flexibility index (Phi) is 6.43. The van der Waals surface area contributed by atoms with Gasteiger partial charge >= 0.3 is 5.97 Å². The van der Waals surface area contributed by atoms with Crippen LogP contribution in [-0.4, -0.2) is 58.1 Å². The molecule has 148 valence electrons.